The third-order valence-corrected chi connectivity index (χ3v) is 3.37. The summed E-state index contributed by atoms with van der Waals surface area (Å²) in [5, 5.41) is 0. The van der Waals surface area contributed by atoms with Gasteiger partial charge in [-0.3, -0.25) is 4.79 Å². The highest BCUT2D eigenvalue weighted by Gasteiger charge is 2.32. The van der Waals surface area contributed by atoms with E-state index >= 15 is 0 Å². The Balaban J connectivity index is 2.19. The normalized spacial score (nSPS) is 14.8. The van der Waals surface area contributed by atoms with Crippen molar-refractivity contribution in [2.24, 2.45) is 5.73 Å². The first-order valence-electron chi connectivity index (χ1n) is 6.21. The van der Waals surface area contributed by atoms with Gasteiger partial charge in [0.2, 0.25) is 0 Å². The number of hydrogen-bond donors (Lipinski definition) is 1. The van der Waals surface area contributed by atoms with Crippen molar-refractivity contribution in [1.29, 1.82) is 0 Å². The molecule has 1 aromatic rings. The van der Waals surface area contributed by atoms with Gasteiger partial charge in [0.05, 0.1) is 0 Å². The highest BCUT2D eigenvalue weighted by Crippen LogP contribution is 2.28. The molecule has 3 nitrogen and oxygen atoms in total. The van der Waals surface area contributed by atoms with Crippen LogP contribution in [0.2, 0.25) is 0 Å². The molecule has 3 heteroatoms. The van der Waals surface area contributed by atoms with Crippen LogP contribution in [-0.2, 0) is 0 Å². The third-order valence-electron chi connectivity index (χ3n) is 3.37. The number of nitrogens with zero attached hydrogens (tertiary/aromatic N) is 1. The number of carbonyl (C=O) groups is 1. The smallest absolute Gasteiger partial charge is 0.254 e. The predicted molar refractivity (Wildman–Crippen MR) is 69.0 cm³/mol. The van der Waals surface area contributed by atoms with Gasteiger partial charge in [-0.25, -0.2) is 0 Å². The summed E-state index contributed by atoms with van der Waals surface area (Å²) in [4.78, 5) is 14.3. The number of benzene rings is 1. The maximum absolute atomic E-state index is 12.4. The Morgan fingerprint density at radius 1 is 1.35 bits per heavy atom. The zero-order valence-corrected chi connectivity index (χ0v) is 10.6. The molecule has 1 amide bonds. The van der Waals surface area contributed by atoms with Crippen molar-refractivity contribution >= 4 is 5.91 Å². The second-order valence-electron chi connectivity index (χ2n) is 4.82. The second-order valence-corrected chi connectivity index (χ2v) is 4.82. The molecule has 0 atom stereocenters. The molecule has 0 unspecified atom stereocenters. The van der Waals surface area contributed by atoms with Crippen molar-refractivity contribution in [3.05, 3.63) is 34.9 Å². The maximum atomic E-state index is 12.4. The van der Waals surface area contributed by atoms with Gasteiger partial charge in [-0.2, -0.15) is 0 Å². The average Bonchev–Trinajstić information content (AvgIpc) is 3.13. The summed E-state index contributed by atoms with van der Waals surface area (Å²) in [6.07, 6.45) is 2.24. The van der Waals surface area contributed by atoms with Crippen molar-refractivity contribution in [2.75, 3.05) is 13.1 Å². The molecule has 2 N–H and O–H groups in total. The van der Waals surface area contributed by atoms with Crippen LogP contribution in [0.3, 0.4) is 0 Å². The summed E-state index contributed by atoms with van der Waals surface area (Å²) in [6, 6.07) is 6.32. The summed E-state index contributed by atoms with van der Waals surface area (Å²) >= 11 is 0. The maximum Gasteiger partial charge on any atom is 0.254 e. The van der Waals surface area contributed by atoms with Gasteiger partial charge in [0, 0.05) is 24.7 Å². The van der Waals surface area contributed by atoms with Gasteiger partial charge in [-0.05, 0) is 49.9 Å². The summed E-state index contributed by atoms with van der Waals surface area (Å²) in [7, 11) is 0. The lowest BCUT2D eigenvalue weighted by atomic mass is 10.1. The Kier molecular flexibility index (Phi) is 3.48. The van der Waals surface area contributed by atoms with Gasteiger partial charge in [-0.1, -0.05) is 6.07 Å². The van der Waals surface area contributed by atoms with Crippen molar-refractivity contribution in [2.45, 2.75) is 32.7 Å². The molecule has 1 aromatic carbocycles. The molecular formula is C14H20N2O. The summed E-state index contributed by atoms with van der Waals surface area (Å²) in [5.74, 6) is 0.126. The van der Waals surface area contributed by atoms with Crippen molar-refractivity contribution in [1.82, 2.24) is 4.90 Å². The lowest BCUT2D eigenvalue weighted by Crippen LogP contribution is -2.37. The fourth-order valence-electron chi connectivity index (χ4n) is 2.02. The van der Waals surface area contributed by atoms with E-state index in [9.17, 15) is 4.79 Å². The van der Waals surface area contributed by atoms with E-state index in [2.05, 4.69) is 6.92 Å². The van der Waals surface area contributed by atoms with E-state index in [0.717, 1.165) is 18.4 Å². The molecule has 92 valence electrons. The third kappa shape index (κ3) is 2.67. The molecule has 0 aliphatic heterocycles. The highest BCUT2D eigenvalue weighted by molar-refractivity contribution is 5.94. The Labute approximate surface area is 103 Å². The molecule has 0 saturated heterocycles. The lowest BCUT2D eigenvalue weighted by Gasteiger charge is -2.22. The number of rotatable bonds is 4. The van der Waals surface area contributed by atoms with Gasteiger partial charge in [0.25, 0.3) is 5.91 Å². The molecule has 1 aliphatic rings. The van der Waals surface area contributed by atoms with Gasteiger partial charge < -0.3 is 10.6 Å². The number of nitrogens with two attached hydrogens (primary N) is 1. The van der Waals surface area contributed by atoms with Crippen LogP contribution in [0.4, 0.5) is 0 Å². The van der Waals surface area contributed by atoms with Crippen molar-refractivity contribution in [3.8, 4) is 0 Å². The molecule has 1 fully saturated rings. The van der Waals surface area contributed by atoms with Gasteiger partial charge >= 0.3 is 0 Å². The SMILES string of the molecule is Cc1ccc(C(=O)N(CCN)C2CC2)cc1C. The van der Waals surface area contributed by atoms with E-state index in [1.54, 1.807) is 0 Å². The molecule has 0 heterocycles. The fourth-order valence-corrected chi connectivity index (χ4v) is 2.02. The Morgan fingerprint density at radius 3 is 2.59 bits per heavy atom. The molecular weight excluding hydrogens is 212 g/mol. The lowest BCUT2D eigenvalue weighted by molar-refractivity contribution is 0.0748. The van der Waals surface area contributed by atoms with Crippen molar-refractivity contribution in [3.63, 3.8) is 0 Å². The van der Waals surface area contributed by atoms with Crippen LogP contribution in [0, 0.1) is 13.8 Å². The van der Waals surface area contributed by atoms with Crippen LogP contribution in [0.1, 0.15) is 34.3 Å². The molecule has 1 aliphatic carbocycles. The van der Waals surface area contributed by atoms with Crippen LogP contribution < -0.4 is 5.73 Å². The van der Waals surface area contributed by atoms with Gasteiger partial charge in [0.15, 0.2) is 0 Å². The van der Waals surface area contributed by atoms with E-state index in [1.807, 2.05) is 30.0 Å². The van der Waals surface area contributed by atoms with Crippen LogP contribution in [0.5, 0.6) is 0 Å². The Hall–Kier alpha value is -1.35. The van der Waals surface area contributed by atoms with Gasteiger partial charge in [0.1, 0.15) is 0 Å². The Morgan fingerprint density at radius 2 is 2.06 bits per heavy atom. The minimum Gasteiger partial charge on any atom is -0.334 e. The first-order valence-corrected chi connectivity index (χ1v) is 6.21. The van der Waals surface area contributed by atoms with E-state index < -0.39 is 0 Å². The first-order chi connectivity index (χ1) is 8.13. The zero-order chi connectivity index (χ0) is 12.4. The topological polar surface area (TPSA) is 46.3 Å². The molecule has 1 saturated carbocycles. The highest BCUT2D eigenvalue weighted by atomic mass is 16.2. The van der Waals surface area contributed by atoms with Crippen LogP contribution in [-0.4, -0.2) is 29.9 Å². The fraction of sp³-hybridized carbons (Fsp3) is 0.500. The molecule has 17 heavy (non-hydrogen) atoms. The zero-order valence-electron chi connectivity index (χ0n) is 10.6. The van der Waals surface area contributed by atoms with Crippen LogP contribution in [0.15, 0.2) is 18.2 Å². The molecule has 0 radical (unpaired) electrons. The number of amides is 1. The minimum absolute atomic E-state index is 0.126. The molecule has 0 bridgehead atoms. The van der Waals surface area contributed by atoms with E-state index in [0.29, 0.717) is 19.1 Å². The predicted octanol–water partition coefficient (Wildman–Crippen LogP) is 1.87. The van der Waals surface area contributed by atoms with E-state index in [-0.39, 0.29) is 5.91 Å². The second kappa shape index (κ2) is 4.88. The van der Waals surface area contributed by atoms with Crippen LogP contribution in [0.25, 0.3) is 0 Å². The monoisotopic (exact) mass is 232 g/mol. The number of aryl methyl sites for hydroxylation is 2. The largest absolute Gasteiger partial charge is 0.334 e. The average molecular weight is 232 g/mol. The number of hydrogen-bond acceptors (Lipinski definition) is 2. The quantitative estimate of drug-likeness (QED) is 0.861. The standard InChI is InChI=1S/C14H20N2O/c1-10-3-4-12(9-11(10)2)14(17)16(8-7-15)13-5-6-13/h3-4,9,13H,5-8,15H2,1-2H3. The molecule has 0 aromatic heterocycles. The van der Waals surface area contributed by atoms with Crippen molar-refractivity contribution < 1.29 is 4.79 Å². The summed E-state index contributed by atoms with van der Waals surface area (Å²) < 4.78 is 0. The van der Waals surface area contributed by atoms with E-state index in [1.165, 1.54) is 11.1 Å². The Bertz CT molecular complexity index is 424. The minimum atomic E-state index is 0.126. The molecule has 2 rings (SSSR count). The summed E-state index contributed by atoms with van der Waals surface area (Å²) in [5.41, 5.74) is 8.74. The van der Waals surface area contributed by atoms with Gasteiger partial charge in [-0.15, -0.1) is 0 Å². The van der Waals surface area contributed by atoms with E-state index in [4.69, 9.17) is 5.73 Å². The number of carbonyl (C=O) groups excluding carboxylic acids is 1. The first kappa shape index (κ1) is 12.1. The van der Waals surface area contributed by atoms with Crippen LogP contribution >= 0.6 is 0 Å². The summed E-state index contributed by atoms with van der Waals surface area (Å²) in [6.45, 7) is 5.29. The molecule has 0 spiro atoms.